The second-order valence-corrected chi connectivity index (χ2v) is 3.63. The summed E-state index contributed by atoms with van der Waals surface area (Å²) in [5.74, 6) is 0. The van der Waals surface area contributed by atoms with Crippen molar-refractivity contribution in [1.82, 2.24) is 15.0 Å². The molecule has 1 atom stereocenters. The number of aliphatic hydroxyl groups is 1. The molecule has 1 fully saturated rings. The van der Waals surface area contributed by atoms with Gasteiger partial charge in [-0.1, -0.05) is 5.21 Å². The highest BCUT2D eigenvalue weighted by molar-refractivity contribution is 5.14. The Balaban J connectivity index is 2.34. The molecule has 1 aromatic rings. The summed E-state index contributed by atoms with van der Waals surface area (Å²) in [6.45, 7) is 1.87. The fourth-order valence-corrected chi connectivity index (χ4v) is 1.57. The van der Waals surface area contributed by atoms with E-state index in [9.17, 15) is 0 Å². The predicted molar refractivity (Wildman–Crippen MR) is 49.6 cm³/mol. The van der Waals surface area contributed by atoms with Gasteiger partial charge in [-0.2, -0.15) is 0 Å². The first kappa shape index (κ1) is 9.61. The van der Waals surface area contributed by atoms with E-state index in [4.69, 9.17) is 9.84 Å². The molecule has 1 unspecified atom stereocenters. The van der Waals surface area contributed by atoms with Gasteiger partial charge in [0.25, 0.3) is 0 Å². The minimum atomic E-state index is -0.0737. The molecule has 0 radical (unpaired) electrons. The standard InChI is InChI=1S/C9H15N3O2/c1-6(14-2)9-8(5-13)10-11-12(9)7-3-4-7/h6-7,13H,3-5H2,1-2H3. The number of ether oxygens (including phenoxy) is 1. The first-order valence-electron chi connectivity index (χ1n) is 4.85. The van der Waals surface area contributed by atoms with Crippen LogP contribution in [0.4, 0.5) is 0 Å². The van der Waals surface area contributed by atoms with Crippen LogP contribution in [0.25, 0.3) is 0 Å². The monoisotopic (exact) mass is 197 g/mol. The molecular weight excluding hydrogens is 182 g/mol. The molecule has 1 aliphatic carbocycles. The number of rotatable bonds is 4. The van der Waals surface area contributed by atoms with E-state index in [0.717, 1.165) is 18.5 Å². The number of aliphatic hydroxyl groups excluding tert-OH is 1. The van der Waals surface area contributed by atoms with Gasteiger partial charge >= 0.3 is 0 Å². The molecule has 1 N–H and O–H groups in total. The summed E-state index contributed by atoms with van der Waals surface area (Å²) < 4.78 is 7.13. The predicted octanol–water partition coefficient (Wildman–Crippen LogP) is 0.813. The van der Waals surface area contributed by atoms with Gasteiger partial charge in [0.05, 0.1) is 24.4 Å². The van der Waals surface area contributed by atoms with Crippen LogP contribution in [0.2, 0.25) is 0 Å². The third-order valence-electron chi connectivity index (χ3n) is 2.59. The molecule has 5 heteroatoms. The molecule has 0 spiro atoms. The molecule has 0 aromatic carbocycles. The lowest BCUT2D eigenvalue weighted by Crippen LogP contribution is -2.09. The molecule has 1 saturated carbocycles. The van der Waals surface area contributed by atoms with Gasteiger partial charge in [0.1, 0.15) is 5.69 Å². The van der Waals surface area contributed by atoms with E-state index in [1.54, 1.807) is 7.11 Å². The van der Waals surface area contributed by atoms with Crippen molar-refractivity contribution >= 4 is 0 Å². The van der Waals surface area contributed by atoms with Crippen molar-refractivity contribution in [1.29, 1.82) is 0 Å². The lowest BCUT2D eigenvalue weighted by molar-refractivity contribution is 0.109. The molecule has 2 rings (SSSR count). The quantitative estimate of drug-likeness (QED) is 0.776. The maximum atomic E-state index is 9.11. The maximum absolute atomic E-state index is 9.11. The topological polar surface area (TPSA) is 60.2 Å². The minimum Gasteiger partial charge on any atom is -0.390 e. The van der Waals surface area contributed by atoms with Gasteiger partial charge in [0.2, 0.25) is 0 Å². The lowest BCUT2D eigenvalue weighted by Gasteiger charge is -2.12. The van der Waals surface area contributed by atoms with Crippen molar-refractivity contribution in [2.24, 2.45) is 0 Å². The van der Waals surface area contributed by atoms with Gasteiger partial charge in [0, 0.05) is 7.11 Å². The molecule has 0 amide bonds. The average molecular weight is 197 g/mol. The van der Waals surface area contributed by atoms with Crippen molar-refractivity contribution < 1.29 is 9.84 Å². The van der Waals surface area contributed by atoms with Crippen LogP contribution in [0, 0.1) is 0 Å². The highest BCUT2D eigenvalue weighted by Gasteiger charge is 2.30. The van der Waals surface area contributed by atoms with Crippen molar-refractivity contribution in [3.05, 3.63) is 11.4 Å². The number of nitrogens with zero attached hydrogens (tertiary/aromatic N) is 3. The van der Waals surface area contributed by atoms with Gasteiger partial charge in [-0.25, -0.2) is 4.68 Å². The molecule has 1 heterocycles. The van der Waals surface area contributed by atoms with Gasteiger partial charge in [-0.05, 0) is 19.8 Å². The molecule has 14 heavy (non-hydrogen) atoms. The largest absolute Gasteiger partial charge is 0.390 e. The van der Waals surface area contributed by atoms with Crippen molar-refractivity contribution in [3.63, 3.8) is 0 Å². The number of aromatic nitrogens is 3. The lowest BCUT2D eigenvalue weighted by atomic mass is 10.2. The van der Waals surface area contributed by atoms with Gasteiger partial charge in [-0.3, -0.25) is 0 Å². The number of hydrogen-bond acceptors (Lipinski definition) is 4. The smallest absolute Gasteiger partial charge is 0.114 e. The Morgan fingerprint density at radius 2 is 2.36 bits per heavy atom. The van der Waals surface area contributed by atoms with E-state index in [0.29, 0.717) is 11.7 Å². The van der Waals surface area contributed by atoms with E-state index in [-0.39, 0.29) is 12.7 Å². The van der Waals surface area contributed by atoms with E-state index in [2.05, 4.69) is 10.3 Å². The van der Waals surface area contributed by atoms with E-state index in [1.807, 2.05) is 11.6 Å². The van der Waals surface area contributed by atoms with Gasteiger partial charge in [0.15, 0.2) is 0 Å². The summed E-state index contributed by atoms with van der Waals surface area (Å²) in [7, 11) is 1.65. The molecular formula is C9H15N3O2. The van der Waals surface area contributed by atoms with Crippen LogP contribution < -0.4 is 0 Å². The van der Waals surface area contributed by atoms with E-state index >= 15 is 0 Å². The highest BCUT2D eigenvalue weighted by Crippen LogP contribution is 2.37. The SMILES string of the molecule is COC(C)c1c(CO)nnn1C1CC1. The van der Waals surface area contributed by atoms with Crippen molar-refractivity contribution in [2.75, 3.05) is 7.11 Å². The van der Waals surface area contributed by atoms with Crippen LogP contribution >= 0.6 is 0 Å². The molecule has 1 aliphatic rings. The fourth-order valence-electron chi connectivity index (χ4n) is 1.57. The summed E-state index contributed by atoms with van der Waals surface area (Å²) in [5, 5.41) is 17.1. The Morgan fingerprint density at radius 3 is 2.86 bits per heavy atom. The van der Waals surface area contributed by atoms with E-state index in [1.165, 1.54) is 0 Å². The van der Waals surface area contributed by atoms with Crippen LogP contribution in [0.15, 0.2) is 0 Å². The Kier molecular flexibility index (Phi) is 2.52. The average Bonchev–Trinajstić information content (AvgIpc) is 2.96. The third kappa shape index (κ3) is 1.53. The van der Waals surface area contributed by atoms with Gasteiger partial charge < -0.3 is 9.84 Å². The molecule has 78 valence electrons. The van der Waals surface area contributed by atoms with Crippen LogP contribution in [0.1, 0.15) is 43.3 Å². The summed E-state index contributed by atoms with van der Waals surface area (Å²) in [5.41, 5.74) is 1.55. The zero-order valence-electron chi connectivity index (χ0n) is 8.47. The van der Waals surface area contributed by atoms with Crippen molar-refractivity contribution in [2.45, 2.75) is 38.5 Å². The van der Waals surface area contributed by atoms with Crippen LogP contribution in [-0.2, 0) is 11.3 Å². The normalized spacial score (nSPS) is 18.5. The molecule has 0 bridgehead atoms. The first-order valence-corrected chi connectivity index (χ1v) is 4.85. The number of methoxy groups -OCH3 is 1. The van der Waals surface area contributed by atoms with E-state index < -0.39 is 0 Å². The molecule has 0 saturated heterocycles. The summed E-state index contributed by atoms with van der Waals surface area (Å²) >= 11 is 0. The molecule has 1 aromatic heterocycles. The summed E-state index contributed by atoms with van der Waals surface area (Å²) in [4.78, 5) is 0. The Labute approximate surface area is 82.7 Å². The second-order valence-electron chi connectivity index (χ2n) is 3.63. The van der Waals surface area contributed by atoms with Crippen molar-refractivity contribution in [3.8, 4) is 0 Å². The van der Waals surface area contributed by atoms with Crippen LogP contribution in [0.3, 0.4) is 0 Å². The Bertz CT molecular complexity index is 320. The fraction of sp³-hybridized carbons (Fsp3) is 0.778. The third-order valence-corrected chi connectivity index (χ3v) is 2.59. The minimum absolute atomic E-state index is 0.0623. The Morgan fingerprint density at radius 1 is 1.64 bits per heavy atom. The molecule has 5 nitrogen and oxygen atoms in total. The Hall–Kier alpha value is -0.940. The zero-order valence-corrected chi connectivity index (χ0v) is 8.47. The summed E-state index contributed by atoms with van der Waals surface area (Å²) in [6.07, 6.45) is 2.24. The zero-order chi connectivity index (χ0) is 10.1. The highest BCUT2D eigenvalue weighted by atomic mass is 16.5. The van der Waals surface area contributed by atoms with Gasteiger partial charge in [-0.15, -0.1) is 5.10 Å². The first-order chi connectivity index (χ1) is 6.77. The second kappa shape index (κ2) is 3.67. The van der Waals surface area contributed by atoms with Crippen LogP contribution in [0.5, 0.6) is 0 Å². The van der Waals surface area contributed by atoms with Crippen LogP contribution in [-0.4, -0.2) is 27.2 Å². The molecule has 0 aliphatic heterocycles. The summed E-state index contributed by atoms with van der Waals surface area (Å²) in [6, 6.07) is 0.468. The number of hydrogen-bond donors (Lipinski definition) is 1. The maximum Gasteiger partial charge on any atom is 0.114 e.